The summed E-state index contributed by atoms with van der Waals surface area (Å²) in [6.45, 7) is 0. The predicted molar refractivity (Wildman–Crippen MR) is 109 cm³/mol. The average Bonchev–Trinajstić information content (AvgIpc) is 3.40. The second-order valence-electron chi connectivity index (χ2n) is 6.90. The van der Waals surface area contributed by atoms with Crippen LogP contribution in [0.25, 0.3) is 11.2 Å². The van der Waals surface area contributed by atoms with E-state index in [0.717, 1.165) is 12.8 Å². The fourth-order valence-electron chi connectivity index (χ4n) is 3.43. The van der Waals surface area contributed by atoms with Crippen LogP contribution >= 0.6 is 0 Å². The van der Waals surface area contributed by atoms with Gasteiger partial charge in [0.15, 0.2) is 17.0 Å². The molecule has 1 aliphatic heterocycles. The van der Waals surface area contributed by atoms with Crippen molar-refractivity contribution in [1.29, 1.82) is 0 Å². The molecule has 0 aliphatic carbocycles. The first kappa shape index (κ1) is 19.8. The van der Waals surface area contributed by atoms with E-state index in [2.05, 4.69) is 30.3 Å². The number of nitrogens with zero attached hydrogens (tertiary/aromatic N) is 4. The Hall–Kier alpha value is -3.53. The molecule has 0 radical (unpaired) electrons. The second kappa shape index (κ2) is 8.87. The Labute approximate surface area is 172 Å². The largest absolute Gasteiger partial charge is 0.469 e. The summed E-state index contributed by atoms with van der Waals surface area (Å²) in [6, 6.07) is 8.70. The van der Waals surface area contributed by atoms with Crippen molar-refractivity contribution in [2.75, 3.05) is 17.7 Å². The van der Waals surface area contributed by atoms with E-state index < -0.39 is 6.03 Å². The first-order chi connectivity index (χ1) is 14.6. The van der Waals surface area contributed by atoms with Gasteiger partial charge in [-0.05, 0) is 31.4 Å². The summed E-state index contributed by atoms with van der Waals surface area (Å²) in [5.41, 5.74) is 1.71. The molecule has 0 bridgehead atoms. The highest BCUT2D eigenvalue weighted by Gasteiger charge is 2.28. The maximum atomic E-state index is 12.3. The number of benzene rings is 1. The molecule has 10 nitrogen and oxygen atoms in total. The minimum absolute atomic E-state index is 0.0253. The first-order valence-electron chi connectivity index (χ1n) is 9.67. The Bertz CT molecular complexity index is 1040. The van der Waals surface area contributed by atoms with Gasteiger partial charge >= 0.3 is 12.0 Å². The summed E-state index contributed by atoms with van der Waals surface area (Å²) in [5, 5.41) is 5.46. The Morgan fingerprint density at radius 1 is 1.17 bits per heavy atom. The molecule has 10 heteroatoms. The minimum atomic E-state index is -0.421. The monoisotopic (exact) mass is 410 g/mol. The summed E-state index contributed by atoms with van der Waals surface area (Å²) < 4.78 is 12.6. The van der Waals surface area contributed by atoms with Crippen LogP contribution in [0.15, 0.2) is 43.0 Å². The van der Waals surface area contributed by atoms with Gasteiger partial charge in [-0.3, -0.25) is 14.7 Å². The van der Waals surface area contributed by atoms with E-state index in [-0.39, 0.29) is 18.3 Å². The molecule has 2 unspecified atom stereocenters. The van der Waals surface area contributed by atoms with Crippen molar-refractivity contribution in [3.63, 3.8) is 0 Å². The van der Waals surface area contributed by atoms with Crippen LogP contribution in [0.1, 0.15) is 31.9 Å². The molecular formula is C20H22N6O4. The van der Waals surface area contributed by atoms with Gasteiger partial charge in [-0.2, -0.15) is 0 Å². The number of fused-ring (bicyclic) bond motifs is 1. The number of methoxy groups -OCH3 is 1. The van der Waals surface area contributed by atoms with Gasteiger partial charge < -0.3 is 14.8 Å². The van der Waals surface area contributed by atoms with Gasteiger partial charge in [0.05, 0.1) is 19.5 Å². The van der Waals surface area contributed by atoms with Crippen molar-refractivity contribution in [3.8, 4) is 0 Å². The quantitative estimate of drug-likeness (QED) is 0.599. The molecular weight excluding hydrogens is 388 g/mol. The van der Waals surface area contributed by atoms with Crippen molar-refractivity contribution in [2.45, 2.75) is 38.0 Å². The number of aromatic nitrogens is 4. The van der Waals surface area contributed by atoms with Crippen LogP contribution in [-0.2, 0) is 14.3 Å². The Balaban J connectivity index is 1.44. The summed E-state index contributed by atoms with van der Waals surface area (Å²) in [5.74, 6) is 0.0692. The molecule has 2 aromatic heterocycles. The van der Waals surface area contributed by atoms with Crippen molar-refractivity contribution >= 4 is 34.7 Å². The topological polar surface area (TPSA) is 120 Å². The summed E-state index contributed by atoms with van der Waals surface area (Å²) in [7, 11) is 1.38. The molecule has 4 rings (SSSR count). The standard InChI is InChI=1S/C20H22N6O4/c1-29-16(27)10-8-14-7-9-15(30-14)26-12-23-17-18(21-11-22-19(17)26)25-20(28)24-13-5-3-2-4-6-13/h2-6,11-12,14-15H,7-10H2,1H3,(H2,21,22,24,25,28). The smallest absolute Gasteiger partial charge is 0.324 e. The number of rotatable bonds is 6. The highest BCUT2D eigenvalue weighted by atomic mass is 16.5. The minimum Gasteiger partial charge on any atom is -0.469 e. The Morgan fingerprint density at radius 3 is 2.80 bits per heavy atom. The van der Waals surface area contributed by atoms with Crippen molar-refractivity contribution in [3.05, 3.63) is 43.0 Å². The third kappa shape index (κ3) is 4.38. The second-order valence-corrected chi connectivity index (χ2v) is 6.90. The van der Waals surface area contributed by atoms with E-state index >= 15 is 0 Å². The van der Waals surface area contributed by atoms with Crippen LogP contribution in [0.4, 0.5) is 16.3 Å². The van der Waals surface area contributed by atoms with Crippen molar-refractivity contribution in [1.82, 2.24) is 19.5 Å². The summed E-state index contributed by atoms with van der Waals surface area (Å²) in [6.07, 6.45) is 5.29. The number of carbonyl (C=O) groups is 2. The molecule has 156 valence electrons. The number of ether oxygens (including phenoxy) is 2. The highest BCUT2D eigenvalue weighted by Crippen LogP contribution is 2.33. The van der Waals surface area contributed by atoms with Crippen LogP contribution in [0.2, 0.25) is 0 Å². The third-order valence-corrected chi connectivity index (χ3v) is 4.92. The number of hydrogen-bond acceptors (Lipinski definition) is 7. The van der Waals surface area contributed by atoms with Gasteiger partial charge in [-0.1, -0.05) is 18.2 Å². The third-order valence-electron chi connectivity index (χ3n) is 4.92. The van der Waals surface area contributed by atoms with E-state index in [0.29, 0.717) is 35.5 Å². The number of esters is 1. The van der Waals surface area contributed by atoms with Gasteiger partial charge in [0.2, 0.25) is 0 Å². The molecule has 0 saturated carbocycles. The summed E-state index contributed by atoms with van der Waals surface area (Å²) in [4.78, 5) is 36.5. The number of carbonyl (C=O) groups excluding carboxylic acids is 2. The van der Waals surface area contributed by atoms with Gasteiger partial charge in [0.1, 0.15) is 12.6 Å². The van der Waals surface area contributed by atoms with Crippen LogP contribution in [0.3, 0.4) is 0 Å². The average molecular weight is 410 g/mol. The lowest BCUT2D eigenvalue weighted by molar-refractivity contribution is -0.141. The number of para-hydroxylation sites is 1. The van der Waals surface area contributed by atoms with E-state index in [9.17, 15) is 9.59 Å². The number of anilines is 2. The Kier molecular flexibility index (Phi) is 5.84. The molecule has 1 aromatic carbocycles. The van der Waals surface area contributed by atoms with E-state index in [1.54, 1.807) is 18.5 Å². The molecule has 1 saturated heterocycles. The molecule has 0 spiro atoms. The van der Waals surface area contributed by atoms with Gasteiger partial charge in [0.25, 0.3) is 0 Å². The lowest BCUT2D eigenvalue weighted by Gasteiger charge is -2.15. The zero-order valence-corrected chi connectivity index (χ0v) is 16.4. The van der Waals surface area contributed by atoms with Crippen LogP contribution in [-0.4, -0.2) is 44.7 Å². The predicted octanol–water partition coefficient (Wildman–Crippen LogP) is 3.10. The molecule has 2 atom stereocenters. The number of urea groups is 1. The van der Waals surface area contributed by atoms with E-state index in [1.807, 2.05) is 22.8 Å². The number of amides is 2. The van der Waals surface area contributed by atoms with Crippen molar-refractivity contribution < 1.29 is 19.1 Å². The zero-order chi connectivity index (χ0) is 20.9. The molecule has 1 fully saturated rings. The fourth-order valence-corrected chi connectivity index (χ4v) is 3.43. The van der Waals surface area contributed by atoms with Crippen LogP contribution in [0, 0.1) is 0 Å². The van der Waals surface area contributed by atoms with Crippen LogP contribution in [0.5, 0.6) is 0 Å². The molecule has 3 heterocycles. The number of imidazole rings is 1. The molecule has 30 heavy (non-hydrogen) atoms. The molecule has 2 amide bonds. The van der Waals surface area contributed by atoms with Crippen LogP contribution < -0.4 is 10.6 Å². The zero-order valence-electron chi connectivity index (χ0n) is 16.4. The fraction of sp³-hybridized carbons (Fsp3) is 0.350. The lowest BCUT2D eigenvalue weighted by Crippen LogP contribution is -2.20. The molecule has 1 aliphatic rings. The highest BCUT2D eigenvalue weighted by molar-refractivity contribution is 6.02. The molecule has 2 N–H and O–H groups in total. The normalized spacial score (nSPS) is 18.3. The number of hydrogen-bond donors (Lipinski definition) is 2. The van der Waals surface area contributed by atoms with E-state index in [4.69, 9.17) is 4.74 Å². The summed E-state index contributed by atoms with van der Waals surface area (Å²) >= 11 is 0. The SMILES string of the molecule is COC(=O)CCC1CCC(n2cnc3c(NC(=O)Nc4ccccc4)ncnc32)O1. The first-order valence-corrected chi connectivity index (χ1v) is 9.67. The Morgan fingerprint density at radius 2 is 2.00 bits per heavy atom. The van der Waals surface area contributed by atoms with Crippen molar-refractivity contribution in [2.24, 2.45) is 0 Å². The molecule has 3 aromatic rings. The maximum absolute atomic E-state index is 12.3. The van der Waals surface area contributed by atoms with Gasteiger partial charge in [-0.25, -0.2) is 19.7 Å². The van der Waals surface area contributed by atoms with E-state index in [1.165, 1.54) is 13.4 Å². The van der Waals surface area contributed by atoms with Gasteiger partial charge in [0, 0.05) is 12.1 Å². The number of nitrogens with one attached hydrogen (secondary N) is 2. The maximum Gasteiger partial charge on any atom is 0.324 e. The lowest BCUT2D eigenvalue weighted by atomic mass is 10.1. The van der Waals surface area contributed by atoms with Gasteiger partial charge in [-0.15, -0.1) is 0 Å².